The predicted octanol–water partition coefficient (Wildman–Crippen LogP) is 6.41. The van der Waals surface area contributed by atoms with E-state index < -0.39 is 17.7 Å². The van der Waals surface area contributed by atoms with E-state index in [-0.39, 0.29) is 28.4 Å². The van der Waals surface area contributed by atoms with Crippen LogP contribution < -0.4 is 19.1 Å². The zero-order valence-electron chi connectivity index (χ0n) is 23.4. The Morgan fingerprint density at radius 2 is 1.44 bits per heavy atom. The summed E-state index contributed by atoms with van der Waals surface area (Å²) in [5.74, 6) is -0.621. The van der Waals surface area contributed by atoms with Crippen LogP contribution in [0.2, 0.25) is 0 Å². The van der Waals surface area contributed by atoms with E-state index in [1.165, 1.54) is 19.1 Å². The number of carbonyl (C=O) groups excluding carboxylic acids is 2. The number of aliphatic hydroxyl groups is 1. The summed E-state index contributed by atoms with van der Waals surface area (Å²) in [5.41, 5.74) is 2.34. The van der Waals surface area contributed by atoms with E-state index in [0.29, 0.717) is 28.5 Å². The van der Waals surface area contributed by atoms with E-state index >= 15 is 0 Å². The highest BCUT2D eigenvalue weighted by Crippen LogP contribution is 2.45. The van der Waals surface area contributed by atoms with E-state index in [1.807, 2.05) is 38.1 Å². The number of hydrogen-bond donors (Lipinski definition) is 1. The molecular weight excluding hydrogens is 494 g/mol. The molecule has 1 heterocycles. The van der Waals surface area contributed by atoms with Gasteiger partial charge in [-0.2, -0.15) is 0 Å². The van der Waals surface area contributed by atoms with Gasteiger partial charge in [-0.25, -0.2) is 0 Å². The second-order valence-electron chi connectivity index (χ2n) is 10.7. The number of carbonyl (C=O) groups is 2. The SMILES string of the molecule is COc1cccc(OC)c1/C(O)=C1\C(=O)C(=O)N(c2ccc(C(C)(C)C)cc2)C1c1ccc(OC(C)C)cc1. The summed E-state index contributed by atoms with van der Waals surface area (Å²) in [6.07, 6.45) is -0.0131. The molecule has 204 valence electrons. The molecule has 0 saturated carbocycles. The highest BCUT2D eigenvalue weighted by atomic mass is 16.5. The Hall–Kier alpha value is -4.26. The highest BCUT2D eigenvalue weighted by molar-refractivity contribution is 6.51. The molecule has 3 aromatic carbocycles. The topological polar surface area (TPSA) is 85.3 Å². The lowest BCUT2D eigenvalue weighted by Crippen LogP contribution is -2.29. The molecule has 0 aromatic heterocycles. The Morgan fingerprint density at radius 1 is 0.872 bits per heavy atom. The minimum absolute atomic E-state index is 0.0131. The van der Waals surface area contributed by atoms with Gasteiger partial charge < -0.3 is 19.3 Å². The summed E-state index contributed by atoms with van der Waals surface area (Å²) in [6.45, 7) is 10.2. The first-order valence-electron chi connectivity index (χ1n) is 12.9. The summed E-state index contributed by atoms with van der Waals surface area (Å²) in [4.78, 5) is 28.6. The van der Waals surface area contributed by atoms with Crippen molar-refractivity contribution in [2.75, 3.05) is 19.1 Å². The van der Waals surface area contributed by atoms with Crippen LogP contribution in [0.5, 0.6) is 17.2 Å². The van der Waals surface area contributed by atoms with Crippen LogP contribution in [0, 0.1) is 0 Å². The number of ether oxygens (including phenoxy) is 3. The lowest BCUT2D eigenvalue weighted by atomic mass is 9.87. The number of nitrogens with zero attached hydrogens (tertiary/aromatic N) is 1. The van der Waals surface area contributed by atoms with Gasteiger partial charge in [0.15, 0.2) is 0 Å². The van der Waals surface area contributed by atoms with Crippen molar-refractivity contribution in [2.45, 2.75) is 52.2 Å². The molecule has 7 heteroatoms. The Kier molecular flexibility index (Phi) is 7.72. The van der Waals surface area contributed by atoms with Gasteiger partial charge in [0.2, 0.25) is 0 Å². The minimum Gasteiger partial charge on any atom is -0.506 e. The molecule has 4 rings (SSSR count). The molecule has 39 heavy (non-hydrogen) atoms. The summed E-state index contributed by atoms with van der Waals surface area (Å²) >= 11 is 0. The minimum atomic E-state index is -0.895. The van der Waals surface area contributed by atoms with Crippen LogP contribution in [-0.2, 0) is 15.0 Å². The molecule has 1 N–H and O–H groups in total. The van der Waals surface area contributed by atoms with Crippen LogP contribution >= 0.6 is 0 Å². The summed E-state index contributed by atoms with van der Waals surface area (Å²) in [7, 11) is 2.93. The molecule has 1 aliphatic heterocycles. The van der Waals surface area contributed by atoms with E-state index in [2.05, 4.69) is 20.8 Å². The molecule has 7 nitrogen and oxygen atoms in total. The van der Waals surface area contributed by atoms with Crippen molar-refractivity contribution in [3.05, 3.63) is 89.0 Å². The van der Waals surface area contributed by atoms with Gasteiger partial charge in [0.05, 0.1) is 31.9 Å². The monoisotopic (exact) mass is 529 g/mol. The van der Waals surface area contributed by atoms with Gasteiger partial charge in [0, 0.05) is 5.69 Å². The van der Waals surface area contributed by atoms with Gasteiger partial charge >= 0.3 is 0 Å². The lowest BCUT2D eigenvalue weighted by molar-refractivity contribution is -0.132. The van der Waals surface area contributed by atoms with E-state index in [0.717, 1.165) is 5.56 Å². The number of hydrogen-bond acceptors (Lipinski definition) is 6. The maximum absolute atomic E-state index is 13.6. The maximum atomic E-state index is 13.6. The van der Waals surface area contributed by atoms with Crippen LogP contribution in [0.3, 0.4) is 0 Å². The quantitative estimate of drug-likeness (QED) is 0.216. The van der Waals surface area contributed by atoms with Crippen LogP contribution in [-0.4, -0.2) is 37.1 Å². The van der Waals surface area contributed by atoms with Crippen LogP contribution in [0.1, 0.15) is 57.4 Å². The first-order chi connectivity index (χ1) is 18.5. The Bertz CT molecular complexity index is 1380. The first-order valence-corrected chi connectivity index (χ1v) is 12.9. The second-order valence-corrected chi connectivity index (χ2v) is 10.7. The Balaban J connectivity index is 1.94. The van der Waals surface area contributed by atoms with E-state index in [9.17, 15) is 14.7 Å². The fraction of sp³-hybridized carbons (Fsp3) is 0.312. The number of benzene rings is 3. The molecule has 1 unspecified atom stereocenters. The fourth-order valence-corrected chi connectivity index (χ4v) is 4.76. The van der Waals surface area contributed by atoms with Crippen molar-refractivity contribution in [1.29, 1.82) is 0 Å². The van der Waals surface area contributed by atoms with Crippen molar-refractivity contribution in [3.63, 3.8) is 0 Å². The largest absolute Gasteiger partial charge is 0.506 e. The average Bonchev–Trinajstić information content (AvgIpc) is 3.17. The van der Waals surface area contributed by atoms with Crippen molar-refractivity contribution >= 4 is 23.1 Å². The average molecular weight is 530 g/mol. The van der Waals surface area contributed by atoms with Crippen molar-refractivity contribution in [3.8, 4) is 17.2 Å². The summed E-state index contributed by atoms with van der Waals surface area (Å²) in [6, 6.07) is 18.9. The van der Waals surface area contributed by atoms with Gasteiger partial charge in [-0.1, -0.05) is 51.1 Å². The maximum Gasteiger partial charge on any atom is 0.300 e. The third-order valence-corrected chi connectivity index (χ3v) is 6.69. The molecule has 0 radical (unpaired) electrons. The van der Waals surface area contributed by atoms with E-state index in [1.54, 1.807) is 42.5 Å². The van der Waals surface area contributed by atoms with E-state index in [4.69, 9.17) is 14.2 Å². The van der Waals surface area contributed by atoms with Gasteiger partial charge in [-0.15, -0.1) is 0 Å². The zero-order valence-corrected chi connectivity index (χ0v) is 23.4. The van der Waals surface area contributed by atoms with Crippen LogP contribution in [0.4, 0.5) is 5.69 Å². The molecule has 0 spiro atoms. The van der Waals surface area contributed by atoms with Crippen LogP contribution in [0.25, 0.3) is 5.76 Å². The Morgan fingerprint density at radius 3 is 1.92 bits per heavy atom. The van der Waals surface area contributed by atoms with Gasteiger partial charge in [0.1, 0.15) is 28.6 Å². The molecule has 1 amide bonds. The molecule has 3 aromatic rings. The number of ketones is 1. The summed E-state index contributed by atoms with van der Waals surface area (Å²) in [5, 5.41) is 11.6. The number of aliphatic hydroxyl groups excluding tert-OH is 1. The van der Waals surface area contributed by atoms with Crippen molar-refractivity contribution in [1.82, 2.24) is 0 Å². The lowest BCUT2D eigenvalue weighted by Gasteiger charge is -2.27. The molecule has 1 saturated heterocycles. The van der Waals surface area contributed by atoms with Crippen molar-refractivity contribution in [2.24, 2.45) is 0 Å². The number of anilines is 1. The number of amides is 1. The number of rotatable bonds is 7. The third kappa shape index (κ3) is 5.35. The third-order valence-electron chi connectivity index (χ3n) is 6.69. The standard InChI is InChI=1S/C32H35NO6/c1-19(2)39-23-17-11-20(12-18-23)28-27(29(34)26-24(37-6)9-8-10-25(26)38-7)30(35)31(36)33(28)22-15-13-21(14-16-22)32(3,4)5/h8-19,28,34H,1-7H3/b29-27+. The van der Waals surface area contributed by atoms with Gasteiger partial charge in [-0.3, -0.25) is 14.5 Å². The van der Waals surface area contributed by atoms with Gasteiger partial charge in [0.25, 0.3) is 11.7 Å². The van der Waals surface area contributed by atoms with Crippen molar-refractivity contribution < 1.29 is 28.9 Å². The molecular formula is C32H35NO6. The molecule has 1 aliphatic rings. The molecule has 0 aliphatic carbocycles. The Labute approximate surface area is 229 Å². The fourth-order valence-electron chi connectivity index (χ4n) is 4.76. The molecule has 1 atom stereocenters. The predicted molar refractivity (Wildman–Crippen MR) is 152 cm³/mol. The highest BCUT2D eigenvalue weighted by Gasteiger charge is 2.47. The zero-order chi connectivity index (χ0) is 28.5. The van der Waals surface area contributed by atoms with Gasteiger partial charge in [-0.05, 0) is 66.8 Å². The smallest absolute Gasteiger partial charge is 0.300 e. The summed E-state index contributed by atoms with van der Waals surface area (Å²) < 4.78 is 16.8. The van der Waals surface area contributed by atoms with Crippen LogP contribution in [0.15, 0.2) is 72.3 Å². The molecule has 1 fully saturated rings. The normalized spacial score (nSPS) is 17.0. The number of Topliss-reactive ketones (excluding diaryl/α,β-unsaturated/α-hetero) is 1. The number of methoxy groups -OCH3 is 2. The first kappa shape index (κ1) is 27.8. The second kappa shape index (κ2) is 10.8. The molecule has 0 bridgehead atoms.